The van der Waals surface area contributed by atoms with Gasteiger partial charge in [0, 0.05) is 19.1 Å². The van der Waals surface area contributed by atoms with Crippen LogP contribution in [0.15, 0.2) is 18.2 Å². The van der Waals surface area contributed by atoms with Crippen LogP contribution in [0.2, 0.25) is 0 Å². The molecule has 1 aliphatic heterocycles. The number of fused-ring (bicyclic) bond motifs is 1. The van der Waals surface area contributed by atoms with Gasteiger partial charge >= 0.3 is 0 Å². The zero-order valence-corrected chi connectivity index (χ0v) is 11.2. The molecule has 1 saturated carbocycles. The van der Waals surface area contributed by atoms with E-state index in [1.165, 1.54) is 44.5 Å². The van der Waals surface area contributed by atoms with Gasteiger partial charge in [0.1, 0.15) is 11.6 Å². The van der Waals surface area contributed by atoms with Crippen molar-refractivity contribution in [3.8, 4) is 0 Å². The standard InChI is InChI=1S/C15H23N3/c1-2-16-14-9-4-10-15(17-14)18-11-5-7-12-6-3-8-13(12)18/h4,9-10,12-13H,2-3,5-8,11H2,1H3,(H,16,17). The number of hydrogen-bond donors (Lipinski definition) is 1. The zero-order valence-electron chi connectivity index (χ0n) is 11.2. The van der Waals surface area contributed by atoms with Gasteiger partial charge in [-0.25, -0.2) is 4.98 Å². The Balaban J connectivity index is 1.82. The van der Waals surface area contributed by atoms with Gasteiger partial charge in [-0.3, -0.25) is 0 Å². The molecule has 0 amide bonds. The quantitative estimate of drug-likeness (QED) is 0.885. The summed E-state index contributed by atoms with van der Waals surface area (Å²) in [5.41, 5.74) is 0. The first kappa shape index (κ1) is 11.8. The predicted molar refractivity (Wildman–Crippen MR) is 76.1 cm³/mol. The third-order valence-electron chi connectivity index (χ3n) is 4.38. The van der Waals surface area contributed by atoms with E-state index in [0.29, 0.717) is 0 Å². The van der Waals surface area contributed by atoms with Crippen LogP contribution in [-0.4, -0.2) is 24.1 Å². The number of aromatic nitrogens is 1. The predicted octanol–water partition coefficient (Wildman–Crippen LogP) is 3.28. The lowest BCUT2D eigenvalue weighted by atomic mass is 9.92. The number of rotatable bonds is 3. The summed E-state index contributed by atoms with van der Waals surface area (Å²) in [5, 5.41) is 3.31. The van der Waals surface area contributed by atoms with E-state index < -0.39 is 0 Å². The van der Waals surface area contributed by atoms with E-state index in [2.05, 4.69) is 35.3 Å². The van der Waals surface area contributed by atoms with Crippen molar-refractivity contribution in [2.75, 3.05) is 23.3 Å². The maximum absolute atomic E-state index is 4.76. The minimum atomic E-state index is 0.753. The molecular formula is C15H23N3. The first-order valence-electron chi connectivity index (χ1n) is 7.36. The van der Waals surface area contributed by atoms with Crippen LogP contribution in [0.25, 0.3) is 0 Å². The van der Waals surface area contributed by atoms with Crippen LogP contribution in [0.3, 0.4) is 0 Å². The molecule has 2 heterocycles. The van der Waals surface area contributed by atoms with Crippen molar-refractivity contribution in [3.63, 3.8) is 0 Å². The Hall–Kier alpha value is -1.25. The number of pyridine rings is 1. The average molecular weight is 245 g/mol. The highest BCUT2D eigenvalue weighted by Crippen LogP contribution is 2.38. The summed E-state index contributed by atoms with van der Waals surface area (Å²) in [4.78, 5) is 7.32. The van der Waals surface area contributed by atoms with Gasteiger partial charge in [-0.1, -0.05) is 12.5 Å². The maximum atomic E-state index is 4.76. The Morgan fingerprint density at radius 2 is 2.17 bits per heavy atom. The molecule has 0 spiro atoms. The lowest BCUT2D eigenvalue weighted by Gasteiger charge is -2.38. The topological polar surface area (TPSA) is 28.2 Å². The van der Waals surface area contributed by atoms with Crippen molar-refractivity contribution >= 4 is 11.6 Å². The van der Waals surface area contributed by atoms with E-state index >= 15 is 0 Å². The first-order valence-corrected chi connectivity index (χ1v) is 7.36. The second-order valence-electron chi connectivity index (χ2n) is 5.51. The zero-order chi connectivity index (χ0) is 12.4. The van der Waals surface area contributed by atoms with E-state index in [1.54, 1.807) is 0 Å². The van der Waals surface area contributed by atoms with Crippen LogP contribution in [0.4, 0.5) is 11.6 Å². The summed E-state index contributed by atoms with van der Waals surface area (Å²) < 4.78 is 0. The molecule has 2 atom stereocenters. The van der Waals surface area contributed by atoms with Gasteiger partial charge in [0.15, 0.2) is 0 Å². The molecule has 98 valence electrons. The van der Waals surface area contributed by atoms with E-state index in [9.17, 15) is 0 Å². The molecule has 2 fully saturated rings. The number of piperidine rings is 1. The molecule has 0 radical (unpaired) electrons. The van der Waals surface area contributed by atoms with Crippen LogP contribution < -0.4 is 10.2 Å². The summed E-state index contributed by atoms with van der Waals surface area (Å²) in [5.74, 6) is 3.10. The molecule has 2 unspecified atom stereocenters. The minimum Gasteiger partial charge on any atom is -0.370 e. The average Bonchev–Trinajstić information content (AvgIpc) is 2.87. The normalized spacial score (nSPS) is 27.1. The lowest BCUT2D eigenvalue weighted by Crippen LogP contribution is -2.43. The molecule has 3 rings (SSSR count). The number of anilines is 2. The van der Waals surface area contributed by atoms with Crippen LogP contribution in [0, 0.1) is 5.92 Å². The fourth-order valence-corrected chi connectivity index (χ4v) is 3.60. The second kappa shape index (κ2) is 5.17. The fraction of sp³-hybridized carbons (Fsp3) is 0.667. The highest BCUT2D eigenvalue weighted by atomic mass is 15.2. The van der Waals surface area contributed by atoms with Crippen LogP contribution in [0.1, 0.15) is 39.0 Å². The molecule has 1 N–H and O–H groups in total. The molecule has 3 nitrogen and oxygen atoms in total. The van der Waals surface area contributed by atoms with E-state index in [1.807, 2.05) is 0 Å². The van der Waals surface area contributed by atoms with Crippen molar-refractivity contribution in [2.45, 2.75) is 45.1 Å². The molecule has 1 aromatic rings. The van der Waals surface area contributed by atoms with Gasteiger partial charge in [-0.05, 0) is 50.7 Å². The molecular weight excluding hydrogens is 222 g/mol. The van der Waals surface area contributed by atoms with E-state index in [-0.39, 0.29) is 0 Å². The Morgan fingerprint density at radius 3 is 3.06 bits per heavy atom. The molecule has 1 saturated heterocycles. The van der Waals surface area contributed by atoms with Crippen LogP contribution >= 0.6 is 0 Å². The fourth-order valence-electron chi connectivity index (χ4n) is 3.60. The number of nitrogens with zero attached hydrogens (tertiary/aromatic N) is 2. The van der Waals surface area contributed by atoms with Gasteiger partial charge in [-0.2, -0.15) is 0 Å². The monoisotopic (exact) mass is 245 g/mol. The van der Waals surface area contributed by atoms with Gasteiger partial charge < -0.3 is 10.2 Å². The Bertz CT molecular complexity index is 404. The van der Waals surface area contributed by atoms with Gasteiger partial charge in [0.25, 0.3) is 0 Å². The first-order chi connectivity index (χ1) is 8.88. The maximum Gasteiger partial charge on any atom is 0.131 e. The summed E-state index contributed by atoms with van der Waals surface area (Å²) in [6, 6.07) is 7.10. The summed E-state index contributed by atoms with van der Waals surface area (Å²) in [6.07, 6.45) is 6.94. The Morgan fingerprint density at radius 1 is 1.28 bits per heavy atom. The second-order valence-corrected chi connectivity index (χ2v) is 5.51. The lowest BCUT2D eigenvalue weighted by molar-refractivity contribution is 0.360. The van der Waals surface area contributed by atoms with Gasteiger partial charge in [0.2, 0.25) is 0 Å². The van der Waals surface area contributed by atoms with E-state index in [4.69, 9.17) is 4.98 Å². The summed E-state index contributed by atoms with van der Waals surface area (Å²) >= 11 is 0. The van der Waals surface area contributed by atoms with Gasteiger partial charge in [0.05, 0.1) is 0 Å². The van der Waals surface area contributed by atoms with Crippen molar-refractivity contribution in [2.24, 2.45) is 5.92 Å². The molecule has 0 aromatic carbocycles. The third-order valence-corrected chi connectivity index (χ3v) is 4.38. The molecule has 18 heavy (non-hydrogen) atoms. The SMILES string of the molecule is CCNc1cccc(N2CCCC3CCCC32)n1. The highest BCUT2D eigenvalue weighted by Gasteiger charge is 2.35. The molecule has 1 aromatic heterocycles. The van der Waals surface area contributed by atoms with Crippen molar-refractivity contribution in [1.29, 1.82) is 0 Å². The number of hydrogen-bond acceptors (Lipinski definition) is 3. The molecule has 0 bridgehead atoms. The molecule has 2 aliphatic rings. The Labute approximate surface area is 110 Å². The van der Waals surface area contributed by atoms with Crippen LogP contribution in [0.5, 0.6) is 0 Å². The van der Waals surface area contributed by atoms with Gasteiger partial charge in [-0.15, -0.1) is 0 Å². The highest BCUT2D eigenvalue weighted by molar-refractivity contribution is 5.48. The van der Waals surface area contributed by atoms with Crippen molar-refractivity contribution < 1.29 is 0 Å². The van der Waals surface area contributed by atoms with Crippen molar-refractivity contribution in [3.05, 3.63) is 18.2 Å². The molecule has 3 heteroatoms. The third kappa shape index (κ3) is 2.18. The minimum absolute atomic E-state index is 0.753. The van der Waals surface area contributed by atoms with Crippen molar-refractivity contribution in [1.82, 2.24) is 4.98 Å². The summed E-state index contributed by atoms with van der Waals surface area (Å²) in [7, 11) is 0. The summed E-state index contributed by atoms with van der Waals surface area (Å²) in [6.45, 7) is 4.23. The smallest absolute Gasteiger partial charge is 0.131 e. The Kier molecular flexibility index (Phi) is 3.39. The van der Waals surface area contributed by atoms with E-state index in [0.717, 1.165) is 24.3 Å². The molecule has 1 aliphatic carbocycles. The largest absolute Gasteiger partial charge is 0.370 e. The van der Waals surface area contributed by atoms with Crippen LogP contribution in [-0.2, 0) is 0 Å². The number of nitrogens with one attached hydrogen (secondary N) is 1.